The van der Waals surface area contributed by atoms with Crippen molar-refractivity contribution in [2.45, 2.75) is 39.7 Å². The van der Waals surface area contributed by atoms with E-state index in [0.29, 0.717) is 29.3 Å². The quantitative estimate of drug-likeness (QED) is 0.662. The van der Waals surface area contributed by atoms with Crippen molar-refractivity contribution in [3.05, 3.63) is 64.6 Å². The Balaban J connectivity index is 1.44. The van der Waals surface area contributed by atoms with Crippen LogP contribution in [-0.4, -0.2) is 28.4 Å². The van der Waals surface area contributed by atoms with Gasteiger partial charge in [-0.15, -0.1) is 0 Å². The van der Waals surface area contributed by atoms with Crippen molar-refractivity contribution < 1.29 is 4.79 Å². The first-order chi connectivity index (χ1) is 14.0. The number of aryl methyl sites for hydroxylation is 1. The summed E-state index contributed by atoms with van der Waals surface area (Å²) in [5, 5.41) is 3.65. The molecule has 5 nitrogen and oxygen atoms in total. The number of anilines is 1. The second kappa shape index (κ2) is 8.46. The number of fused-ring (bicyclic) bond motifs is 1. The number of carbonyl (C=O) groups excluding carboxylic acids is 1. The number of pyridine rings is 1. The molecule has 1 saturated heterocycles. The van der Waals surface area contributed by atoms with Gasteiger partial charge in [0.15, 0.2) is 0 Å². The fourth-order valence-corrected chi connectivity index (χ4v) is 4.07. The zero-order valence-electron chi connectivity index (χ0n) is 17.0. The molecule has 1 amide bonds. The first-order valence-electron chi connectivity index (χ1n) is 10.3. The Morgan fingerprint density at radius 1 is 1.21 bits per heavy atom. The number of amides is 1. The van der Waals surface area contributed by atoms with Gasteiger partial charge in [-0.3, -0.25) is 9.20 Å². The van der Waals surface area contributed by atoms with E-state index in [9.17, 15) is 4.79 Å². The molecule has 0 atom stereocenters. The molecule has 1 aliphatic heterocycles. The van der Waals surface area contributed by atoms with Gasteiger partial charge in [0.2, 0.25) is 0 Å². The maximum Gasteiger partial charge on any atom is 0.270 e. The van der Waals surface area contributed by atoms with Crippen LogP contribution in [0.15, 0.2) is 42.6 Å². The van der Waals surface area contributed by atoms with E-state index >= 15 is 0 Å². The third kappa shape index (κ3) is 4.25. The number of carbonyl (C=O) groups is 1. The van der Waals surface area contributed by atoms with E-state index in [1.807, 2.05) is 6.92 Å². The third-order valence-electron chi connectivity index (χ3n) is 5.75. The summed E-state index contributed by atoms with van der Waals surface area (Å²) >= 11 is 6.06. The summed E-state index contributed by atoms with van der Waals surface area (Å²) in [6, 6.07) is 12.1. The van der Waals surface area contributed by atoms with Crippen LogP contribution in [-0.2, 0) is 13.0 Å². The lowest BCUT2D eigenvalue weighted by atomic mass is 9.99. The minimum absolute atomic E-state index is 0.120. The van der Waals surface area contributed by atoms with Gasteiger partial charge in [-0.25, -0.2) is 4.98 Å². The fourth-order valence-electron chi connectivity index (χ4n) is 3.91. The summed E-state index contributed by atoms with van der Waals surface area (Å²) in [5.41, 5.74) is 4.40. The highest BCUT2D eigenvalue weighted by Crippen LogP contribution is 2.23. The number of hydrogen-bond acceptors (Lipinski definition) is 3. The molecule has 0 saturated carbocycles. The van der Waals surface area contributed by atoms with Crippen molar-refractivity contribution in [3.63, 3.8) is 0 Å². The Morgan fingerprint density at radius 3 is 2.62 bits per heavy atom. The molecule has 0 radical (unpaired) electrons. The molecule has 29 heavy (non-hydrogen) atoms. The first kappa shape index (κ1) is 19.8. The van der Waals surface area contributed by atoms with Gasteiger partial charge in [-0.2, -0.15) is 0 Å². The monoisotopic (exact) mass is 410 g/mol. The number of benzene rings is 1. The average Bonchev–Trinajstić information content (AvgIpc) is 3.10. The average molecular weight is 411 g/mol. The molecule has 1 aliphatic rings. The third-order valence-corrected chi connectivity index (χ3v) is 5.98. The molecule has 2 aromatic heterocycles. The standard InChI is InChI=1S/C23H27ClN4O/c1-3-20-22(28-13-10-18(24)14-21(28)26-20)23(29)25-15-17-4-6-19(7-5-17)27-11-8-16(2)9-12-27/h4-7,10,13-14,16H,3,8-9,11-12,15H2,1-2H3,(H,25,29). The maximum atomic E-state index is 12.9. The van der Waals surface area contributed by atoms with Crippen LogP contribution in [0.2, 0.25) is 5.02 Å². The minimum atomic E-state index is -0.120. The van der Waals surface area contributed by atoms with Gasteiger partial charge in [0.25, 0.3) is 5.91 Å². The second-order valence-electron chi connectivity index (χ2n) is 7.85. The van der Waals surface area contributed by atoms with Crippen molar-refractivity contribution in [1.29, 1.82) is 0 Å². The molecule has 152 valence electrons. The Labute approximate surface area is 176 Å². The van der Waals surface area contributed by atoms with E-state index in [1.54, 1.807) is 22.7 Å². The van der Waals surface area contributed by atoms with Crippen LogP contribution in [0, 0.1) is 5.92 Å². The summed E-state index contributed by atoms with van der Waals surface area (Å²) in [6.07, 6.45) is 4.99. The van der Waals surface area contributed by atoms with Crippen LogP contribution >= 0.6 is 11.6 Å². The number of hydrogen-bond donors (Lipinski definition) is 1. The molecule has 0 spiro atoms. The predicted octanol–water partition coefficient (Wildman–Crippen LogP) is 4.72. The molecule has 1 fully saturated rings. The Hall–Kier alpha value is -2.53. The van der Waals surface area contributed by atoms with Crippen molar-refractivity contribution in [1.82, 2.24) is 14.7 Å². The SMILES string of the molecule is CCc1nc2cc(Cl)ccn2c1C(=O)NCc1ccc(N2CCC(C)CC2)cc1. The number of nitrogens with zero attached hydrogens (tertiary/aromatic N) is 3. The fraction of sp³-hybridized carbons (Fsp3) is 0.391. The van der Waals surface area contributed by atoms with Gasteiger partial charge in [-0.05, 0) is 48.9 Å². The number of rotatable bonds is 5. The van der Waals surface area contributed by atoms with Crippen LogP contribution in [0.1, 0.15) is 48.4 Å². The van der Waals surface area contributed by atoms with Crippen molar-refractivity contribution >= 4 is 28.8 Å². The second-order valence-corrected chi connectivity index (χ2v) is 8.29. The van der Waals surface area contributed by atoms with E-state index in [-0.39, 0.29) is 5.91 Å². The highest BCUT2D eigenvalue weighted by Gasteiger charge is 2.19. The molecule has 0 bridgehead atoms. The number of imidazole rings is 1. The molecule has 3 aromatic rings. The zero-order valence-corrected chi connectivity index (χ0v) is 17.7. The lowest BCUT2D eigenvalue weighted by Crippen LogP contribution is -2.32. The molecule has 3 heterocycles. The molecular formula is C23H27ClN4O. The molecule has 6 heteroatoms. The number of piperidine rings is 1. The Bertz CT molecular complexity index is 1000. The van der Waals surface area contributed by atoms with Crippen LogP contribution in [0.3, 0.4) is 0 Å². The summed E-state index contributed by atoms with van der Waals surface area (Å²) in [5.74, 6) is 0.704. The maximum absolute atomic E-state index is 12.9. The highest BCUT2D eigenvalue weighted by molar-refractivity contribution is 6.30. The molecule has 0 aliphatic carbocycles. The molecule has 4 rings (SSSR count). The summed E-state index contributed by atoms with van der Waals surface area (Å²) in [7, 11) is 0. The Morgan fingerprint density at radius 2 is 1.93 bits per heavy atom. The highest BCUT2D eigenvalue weighted by atomic mass is 35.5. The molecular weight excluding hydrogens is 384 g/mol. The van der Waals surface area contributed by atoms with Crippen LogP contribution < -0.4 is 10.2 Å². The Kier molecular flexibility index (Phi) is 5.76. The van der Waals surface area contributed by atoms with Gasteiger partial charge in [-0.1, -0.05) is 37.6 Å². The number of aromatic nitrogens is 2. The van der Waals surface area contributed by atoms with Crippen LogP contribution in [0.25, 0.3) is 5.65 Å². The first-order valence-corrected chi connectivity index (χ1v) is 10.7. The lowest BCUT2D eigenvalue weighted by molar-refractivity contribution is 0.0944. The van der Waals surface area contributed by atoms with E-state index < -0.39 is 0 Å². The summed E-state index contributed by atoms with van der Waals surface area (Å²) < 4.78 is 1.81. The van der Waals surface area contributed by atoms with Gasteiger partial charge >= 0.3 is 0 Å². The van der Waals surface area contributed by atoms with E-state index in [2.05, 4.69) is 46.4 Å². The lowest BCUT2D eigenvalue weighted by Gasteiger charge is -2.32. The topological polar surface area (TPSA) is 49.6 Å². The van der Waals surface area contributed by atoms with Crippen LogP contribution in [0.4, 0.5) is 5.69 Å². The minimum Gasteiger partial charge on any atom is -0.372 e. The van der Waals surface area contributed by atoms with Crippen molar-refractivity contribution in [2.24, 2.45) is 5.92 Å². The van der Waals surface area contributed by atoms with Crippen molar-refractivity contribution in [3.8, 4) is 0 Å². The smallest absolute Gasteiger partial charge is 0.270 e. The molecule has 1 N–H and O–H groups in total. The predicted molar refractivity (Wildman–Crippen MR) is 118 cm³/mol. The van der Waals surface area contributed by atoms with Gasteiger partial charge in [0.1, 0.15) is 11.3 Å². The van der Waals surface area contributed by atoms with E-state index in [1.165, 1.54) is 18.5 Å². The summed E-state index contributed by atoms with van der Waals surface area (Å²) in [6.45, 7) is 7.05. The molecule has 1 aromatic carbocycles. The van der Waals surface area contributed by atoms with E-state index in [0.717, 1.165) is 30.3 Å². The van der Waals surface area contributed by atoms with Gasteiger partial charge in [0, 0.05) is 42.6 Å². The van der Waals surface area contributed by atoms with Gasteiger partial charge < -0.3 is 10.2 Å². The van der Waals surface area contributed by atoms with Crippen molar-refractivity contribution in [2.75, 3.05) is 18.0 Å². The number of nitrogens with one attached hydrogen (secondary N) is 1. The van der Waals surface area contributed by atoms with Gasteiger partial charge in [0.05, 0.1) is 5.69 Å². The zero-order chi connectivity index (χ0) is 20.4. The largest absolute Gasteiger partial charge is 0.372 e. The van der Waals surface area contributed by atoms with E-state index in [4.69, 9.17) is 11.6 Å². The normalized spacial score (nSPS) is 15.1. The van der Waals surface area contributed by atoms with Crippen LogP contribution in [0.5, 0.6) is 0 Å². The number of halogens is 1. The molecule has 0 unspecified atom stereocenters. The summed E-state index contributed by atoms with van der Waals surface area (Å²) in [4.78, 5) is 19.9.